The van der Waals surface area contributed by atoms with E-state index in [4.69, 9.17) is 10.2 Å². The fourth-order valence-electron chi connectivity index (χ4n) is 1.40. The summed E-state index contributed by atoms with van der Waals surface area (Å²) in [6, 6.07) is 8.58. The Balaban J connectivity index is 2.62. The van der Waals surface area contributed by atoms with Crippen LogP contribution >= 0.6 is 0 Å². The van der Waals surface area contributed by atoms with Gasteiger partial charge in [-0.05, 0) is 12.5 Å². The normalized spacial score (nSPS) is 15.5. The molecule has 0 aliphatic heterocycles. The van der Waals surface area contributed by atoms with Crippen molar-refractivity contribution in [2.45, 2.75) is 25.2 Å². The van der Waals surface area contributed by atoms with Crippen LogP contribution in [-0.2, 0) is 9.59 Å². The maximum Gasteiger partial charge on any atom is 0.335 e. The molecule has 1 unspecified atom stereocenters. The highest BCUT2D eigenvalue weighted by Crippen LogP contribution is 2.11. The molecule has 6 nitrogen and oxygen atoms in total. The minimum absolute atomic E-state index is 0.394. The summed E-state index contributed by atoms with van der Waals surface area (Å²) in [5, 5.41) is 29.2. The maximum atomic E-state index is 11.5. The summed E-state index contributed by atoms with van der Waals surface area (Å²) in [5.41, 5.74) is 0.808. The van der Waals surface area contributed by atoms with Gasteiger partial charge in [-0.2, -0.15) is 0 Å². The third kappa shape index (κ3) is 3.54. The number of benzene rings is 1. The van der Waals surface area contributed by atoms with Gasteiger partial charge in [0.25, 0.3) is 5.91 Å². The molecule has 0 saturated carbocycles. The van der Waals surface area contributed by atoms with Gasteiger partial charge in [0, 0.05) is 0 Å². The van der Waals surface area contributed by atoms with Gasteiger partial charge in [-0.25, -0.2) is 4.79 Å². The summed E-state index contributed by atoms with van der Waals surface area (Å²) >= 11 is 0. The van der Waals surface area contributed by atoms with Crippen LogP contribution in [0.1, 0.15) is 18.5 Å². The van der Waals surface area contributed by atoms with E-state index in [0.29, 0.717) is 0 Å². The molecule has 98 valence electrons. The Morgan fingerprint density at radius 3 is 2.17 bits per heavy atom. The molecule has 18 heavy (non-hydrogen) atoms. The van der Waals surface area contributed by atoms with Crippen molar-refractivity contribution in [2.24, 2.45) is 0 Å². The lowest BCUT2D eigenvalue weighted by molar-refractivity contribution is -0.158. The Morgan fingerprint density at radius 2 is 1.67 bits per heavy atom. The van der Waals surface area contributed by atoms with Crippen LogP contribution in [0.15, 0.2) is 30.3 Å². The van der Waals surface area contributed by atoms with E-state index in [1.165, 1.54) is 0 Å². The van der Waals surface area contributed by atoms with Crippen molar-refractivity contribution >= 4 is 11.9 Å². The second-order valence-electron chi connectivity index (χ2n) is 3.87. The number of carboxylic acid groups (broad SMARTS) is 1. The number of nitrogens with one attached hydrogen (secondary N) is 1. The van der Waals surface area contributed by atoms with Crippen molar-refractivity contribution < 1.29 is 24.9 Å². The number of carboxylic acids is 1. The molecule has 0 fully saturated rings. The summed E-state index contributed by atoms with van der Waals surface area (Å²) in [5.74, 6) is -2.58. The molecule has 1 rings (SSSR count). The summed E-state index contributed by atoms with van der Waals surface area (Å²) in [6.45, 7) is 1.69. The lowest BCUT2D eigenvalue weighted by atomic mass is 10.1. The van der Waals surface area contributed by atoms with Gasteiger partial charge in [0.05, 0.1) is 6.04 Å². The highest BCUT2D eigenvalue weighted by Gasteiger charge is 2.30. The Kier molecular flexibility index (Phi) is 4.82. The average Bonchev–Trinajstić information content (AvgIpc) is 2.37. The fourth-order valence-corrected chi connectivity index (χ4v) is 1.40. The molecule has 1 aromatic rings. The van der Waals surface area contributed by atoms with Crippen LogP contribution in [0.5, 0.6) is 0 Å². The van der Waals surface area contributed by atoms with E-state index in [1.54, 1.807) is 31.2 Å². The van der Waals surface area contributed by atoms with E-state index in [2.05, 4.69) is 5.32 Å². The summed E-state index contributed by atoms with van der Waals surface area (Å²) in [6.07, 6.45) is -4.12. The minimum atomic E-state index is -2.13. The van der Waals surface area contributed by atoms with E-state index in [0.717, 1.165) is 5.56 Å². The van der Waals surface area contributed by atoms with Gasteiger partial charge < -0.3 is 20.6 Å². The first kappa shape index (κ1) is 14.1. The third-order valence-corrected chi connectivity index (χ3v) is 2.48. The van der Waals surface area contributed by atoms with E-state index in [1.807, 2.05) is 6.07 Å². The minimum Gasteiger partial charge on any atom is -0.479 e. The van der Waals surface area contributed by atoms with Crippen LogP contribution in [-0.4, -0.2) is 39.4 Å². The Labute approximate surface area is 104 Å². The highest BCUT2D eigenvalue weighted by molar-refractivity contribution is 5.87. The van der Waals surface area contributed by atoms with Crippen molar-refractivity contribution in [3.05, 3.63) is 35.9 Å². The number of carbonyl (C=O) groups is 2. The predicted octanol–water partition coefficient (Wildman–Crippen LogP) is -0.330. The SMILES string of the molecule is CC(NC(=O)[C@H](O)[C@@H](O)C(=O)O)c1ccccc1. The van der Waals surface area contributed by atoms with Crippen molar-refractivity contribution in [3.8, 4) is 0 Å². The van der Waals surface area contributed by atoms with Crippen molar-refractivity contribution in [1.82, 2.24) is 5.32 Å². The predicted molar refractivity (Wildman–Crippen MR) is 62.6 cm³/mol. The van der Waals surface area contributed by atoms with E-state index in [9.17, 15) is 14.7 Å². The number of aliphatic hydroxyl groups excluding tert-OH is 2. The first-order valence-electron chi connectivity index (χ1n) is 5.37. The zero-order valence-corrected chi connectivity index (χ0v) is 9.78. The molecule has 0 bridgehead atoms. The molecule has 0 spiro atoms. The third-order valence-electron chi connectivity index (χ3n) is 2.48. The van der Waals surface area contributed by atoms with Crippen LogP contribution in [0.3, 0.4) is 0 Å². The Bertz CT molecular complexity index is 420. The van der Waals surface area contributed by atoms with Gasteiger partial charge >= 0.3 is 5.97 Å². The topological polar surface area (TPSA) is 107 Å². The van der Waals surface area contributed by atoms with Gasteiger partial charge in [-0.1, -0.05) is 30.3 Å². The van der Waals surface area contributed by atoms with Crippen molar-refractivity contribution in [1.29, 1.82) is 0 Å². The fraction of sp³-hybridized carbons (Fsp3) is 0.333. The Hall–Kier alpha value is -1.92. The molecule has 0 aliphatic carbocycles. The second kappa shape index (κ2) is 6.13. The molecule has 1 amide bonds. The molecule has 3 atom stereocenters. The van der Waals surface area contributed by atoms with Crippen LogP contribution in [0.25, 0.3) is 0 Å². The first-order valence-corrected chi connectivity index (χ1v) is 5.37. The number of hydrogen-bond donors (Lipinski definition) is 4. The van der Waals surface area contributed by atoms with Gasteiger partial charge in [-0.15, -0.1) is 0 Å². The summed E-state index contributed by atoms with van der Waals surface area (Å²) in [7, 11) is 0. The van der Waals surface area contributed by atoms with Crippen LogP contribution in [0.4, 0.5) is 0 Å². The summed E-state index contributed by atoms with van der Waals surface area (Å²) in [4.78, 5) is 21.9. The van der Waals surface area contributed by atoms with Crippen molar-refractivity contribution in [3.63, 3.8) is 0 Å². The number of aliphatic hydroxyl groups is 2. The molecular weight excluding hydrogens is 238 g/mol. The molecule has 0 saturated heterocycles. The van der Waals surface area contributed by atoms with E-state index in [-0.39, 0.29) is 0 Å². The number of rotatable bonds is 5. The molecule has 4 N–H and O–H groups in total. The average molecular weight is 253 g/mol. The Morgan fingerprint density at radius 1 is 1.11 bits per heavy atom. The smallest absolute Gasteiger partial charge is 0.335 e. The number of aliphatic carboxylic acids is 1. The first-order chi connectivity index (χ1) is 8.43. The van der Waals surface area contributed by atoms with Gasteiger partial charge in [-0.3, -0.25) is 4.79 Å². The number of hydrogen-bond acceptors (Lipinski definition) is 4. The number of amides is 1. The standard InChI is InChI=1S/C12H15NO5/c1-7(8-5-3-2-4-6-8)13-11(16)9(14)10(15)12(17)18/h2-7,9-10,14-15H,1H3,(H,13,16)(H,17,18)/t7?,9-,10-/m1/s1. The van der Waals surface area contributed by atoms with Crippen LogP contribution in [0.2, 0.25) is 0 Å². The largest absolute Gasteiger partial charge is 0.479 e. The van der Waals surface area contributed by atoms with Crippen LogP contribution < -0.4 is 5.32 Å². The van der Waals surface area contributed by atoms with Gasteiger partial charge in [0.15, 0.2) is 12.2 Å². The highest BCUT2D eigenvalue weighted by atomic mass is 16.4. The lowest BCUT2D eigenvalue weighted by Crippen LogP contribution is -2.46. The maximum absolute atomic E-state index is 11.5. The number of carbonyl (C=O) groups excluding carboxylic acids is 1. The van der Waals surface area contributed by atoms with Gasteiger partial charge in [0.2, 0.25) is 0 Å². The molecule has 0 aromatic heterocycles. The van der Waals surface area contributed by atoms with Gasteiger partial charge in [0.1, 0.15) is 0 Å². The molecular formula is C12H15NO5. The lowest BCUT2D eigenvalue weighted by Gasteiger charge is -2.18. The van der Waals surface area contributed by atoms with Crippen molar-refractivity contribution in [2.75, 3.05) is 0 Å². The molecule has 0 radical (unpaired) electrons. The molecule has 1 aromatic carbocycles. The second-order valence-corrected chi connectivity index (χ2v) is 3.87. The van der Waals surface area contributed by atoms with E-state index < -0.39 is 30.1 Å². The zero-order chi connectivity index (χ0) is 13.7. The van der Waals surface area contributed by atoms with E-state index >= 15 is 0 Å². The molecule has 0 aliphatic rings. The monoisotopic (exact) mass is 253 g/mol. The van der Waals surface area contributed by atoms with Crippen LogP contribution in [0, 0.1) is 0 Å². The quantitative estimate of drug-likeness (QED) is 0.575. The molecule has 6 heteroatoms. The molecule has 0 heterocycles. The zero-order valence-electron chi connectivity index (χ0n) is 9.78. The summed E-state index contributed by atoms with van der Waals surface area (Å²) < 4.78 is 0.